The van der Waals surface area contributed by atoms with Gasteiger partial charge < -0.3 is 9.84 Å². The van der Waals surface area contributed by atoms with E-state index in [0.29, 0.717) is 6.61 Å². The summed E-state index contributed by atoms with van der Waals surface area (Å²) in [6, 6.07) is 0. The third kappa shape index (κ3) is 7.38. The first-order chi connectivity index (χ1) is 11.2. The van der Waals surface area contributed by atoms with Gasteiger partial charge in [0.05, 0.1) is 25.4 Å². The molecule has 0 amide bonds. The highest BCUT2D eigenvalue weighted by molar-refractivity contribution is 4.97. The van der Waals surface area contributed by atoms with Crippen molar-refractivity contribution in [1.82, 2.24) is 5.06 Å². The van der Waals surface area contributed by atoms with Crippen LogP contribution in [0.5, 0.6) is 0 Å². The van der Waals surface area contributed by atoms with Gasteiger partial charge in [-0.1, -0.05) is 39.0 Å². The summed E-state index contributed by atoms with van der Waals surface area (Å²) in [7, 11) is 0. The Morgan fingerprint density at radius 3 is 2.08 bits per heavy atom. The number of nitrogens with zero attached hydrogens (tertiary/aromatic N) is 1. The van der Waals surface area contributed by atoms with E-state index < -0.39 is 6.10 Å². The zero-order valence-electron chi connectivity index (χ0n) is 16.9. The van der Waals surface area contributed by atoms with Gasteiger partial charge in [0.1, 0.15) is 0 Å². The molecular formula is C20H41NO3. The minimum absolute atomic E-state index is 0.0622. The van der Waals surface area contributed by atoms with Crippen molar-refractivity contribution in [1.29, 1.82) is 0 Å². The number of unbranched alkanes of at least 4 members (excludes halogenated alkanes) is 5. The van der Waals surface area contributed by atoms with Gasteiger partial charge in [-0.15, -0.1) is 0 Å². The molecule has 0 aromatic rings. The van der Waals surface area contributed by atoms with Crippen LogP contribution in [0.15, 0.2) is 0 Å². The van der Waals surface area contributed by atoms with Crippen LogP contribution >= 0.6 is 0 Å². The van der Waals surface area contributed by atoms with E-state index in [1.54, 1.807) is 6.92 Å². The van der Waals surface area contributed by atoms with Gasteiger partial charge in [0.2, 0.25) is 0 Å². The fraction of sp³-hybridized carbons (Fsp3) is 1.00. The van der Waals surface area contributed by atoms with Crippen molar-refractivity contribution in [2.45, 2.75) is 116 Å². The number of hydroxylamine groups is 2. The van der Waals surface area contributed by atoms with E-state index in [1.165, 1.54) is 32.1 Å². The summed E-state index contributed by atoms with van der Waals surface area (Å²) in [6.07, 6.45) is 9.34. The lowest BCUT2D eigenvalue weighted by Gasteiger charge is -2.53. The standard InChI is InChI=1S/C20H41NO3/c1-7-8-9-10-11-12-13-24-21-19(3,4)14-18(15-20(21,5)6)23-16-17(2)22/h17-18,22H,7-16H2,1-6H3. The van der Waals surface area contributed by atoms with Gasteiger partial charge in [-0.2, -0.15) is 5.06 Å². The normalized spacial score (nSPS) is 22.6. The molecule has 1 aliphatic rings. The van der Waals surface area contributed by atoms with Crippen LogP contribution in [0.4, 0.5) is 0 Å². The largest absolute Gasteiger partial charge is 0.391 e. The summed E-state index contributed by atoms with van der Waals surface area (Å²) in [6.45, 7) is 14.2. The lowest BCUT2D eigenvalue weighted by molar-refractivity contribution is -0.295. The fourth-order valence-corrected chi connectivity index (χ4v) is 3.95. The molecule has 0 aromatic carbocycles. The zero-order chi connectivity index (χ0) is 18.2. The van der Waals surface area contributed by atoms with E-state index in [4.69, 9.17) is 9.57 Å². The number of hydrogen-bond donors (Lipinski definition) is 1. The number of aliphatic hydroxyl groups is 1. The lowest BCUT2D eigenvalue weighted by atomic mass is 9.80. The molecule has 0 radical (unpaired) electrons. The van der Waals surface area contributed by atoms with Gasteiger partial charge in [-0.25, -0.2) is 0 Å². The van der Waals surface area contributed by atoms with Gasteiger partial charge in [-0.3, -0.25) is 4.84 Å². The van der Waals surface area contributed by atoms with E-state index in [2.05, 4.69) is 39.7 Å². The fourth-order valence-electron chi connectivity index (χ4n) is 3.95. The van der Waals surface area contributed by atoms with E-state index in [-0.39, 0.29) is 17.2 Å². The number of ether oxygens (including phenoxy) is 1. The minimum Gasteiger partial charge on any atom is -0.391 e. The van der Waals surface area contributed by atoms with Gasteiger partial charge in [0.15, 0.2) is 0 Å². The molecule has 1 fully saturated rings. The van der Waals surface area contributed by atoms with Crippen molar-refractivity contribution >= 4 is 0 Å². The van der Waals surface area contributed by atoms with Crippen LogP contribution in [0.2, 0.25) is 0 Å². The number of hydrogen-bond acceptors (Lipinski definition) is 4. The average molecular weight is 344 g/mol. The summed E-state index contributed by atoms with van der Waals surface area (Å²) in [5, 5.41) is 11.7. The van der Waals surface area contributed by atoms with Crippen molar-refractivity contribution < 1.29 is 14.7 Å². The van der Waals surface area contributed by atoms with Crippen LogP contribution in [0.25, 0.3) is 0 Å². The monoisotopic (exact) mass is 343 g/mol. The SMILES string of the molecule is CCCCCCCCON1C(C)(C)CC(OCC(C)O)CC1(C)C. The van der Waals surface area contributed by atoms with Crippen LogP contribution in [-0.2, 0) is 9.57 Å². The average Bonchev–Trinajstić information content (AvgIpc) is 2.45. The second-order valence-corrected chi connectivity index (χ2v) is 8.73. The molecule has 0 spiro atoms. The molecule has 4 heteroatoms. The van der Waals surface area contributed by atoms with Gasteiger partial charge in [0.25, 0.3) is 0 Å². The second kappa shape index (κ2) is 10.1. The van der Waals surface area contributed by atoms with Crippen LogP contribution < -0.4 is 0 Å². The van der Waals surface area contributed by atoms with Gasteiger partial charge in [0, 0.05) is 11.1 Å². The molecular weight excluding hydrogens is 302 g/mol. The summed E-state index contributed by atoms with van der Waals surface area (Å²) in [5.74, 6) is 0. The Kier molecular flexibility index (Phi) is 9.21. The maximum absolute atomic E-state index is 9.46. The Balaban J connectivity index is 2.43. The van der Waals surface area contributed by atoms with Crippen molar-refractivity contribution in [2.24, 2.45) is 0 Å². The Morgan fingerprint density at radius 2 is 1.54 bits per heavy atom. The van der Waals surface area contributed by atoms with Crippen molar-refractivity contribution in [3.63, 3.8) is 0 Å². The Morgan fingerprint density at radius 1 is 1.00 bits per heavy atom. The molecule has 144 valence electrons. The molecule has 0 aromatic heterocycles. The molecule has 0 aliphatic carbocycles. The summed E-state index contributed by atoms with van der Waals surface area (Å²) in [4.78, 5) is 6.22. The van der Waals surface area contributed by atoms with E-state index in [1.807, 2.05) is 0 Å². The summed E-state index contributed by atoms with van der Waals surface area (Å²) < 4.78 is 5.91. The van der Waals surface area contributed by atoms with Gasteiger partial charge >= 0.3 is 0 Å². The number of piperidine rings is 1. The first-order valence-electron chi connectivity index (χ1n) is 9.92. The van der Waals surface area contributed by atoms with Crippen LogP contribution in [0.1, 0.15) is 92.9 Å². The zero-order valence-corrected chi connectivity index (χ0v) is 16.9. The highest BCUT2D eigenvalue weighted by Crippen LogP contribution is 2.39. The maximum Gasteiger partial charge on any atom is 0.0745 e. The molecule has 1 unspecified atom stereocenters. The molecule has 1 heterocycles. The predicted octanol–water partition coefficient (Wildman–Crippen LogP) is 4.70. The smallest absolute Gasteiger partial charge is 0.0745 e. The first-order valence-corrected chi connectivity index (χ1v) is 9.92. The highest BCUT2D eigenvalue weighted by atomic mass is 16.7. The van der Waals surface area contributed by atoms with Crippen LogP contribution in [0, 0.1) is 0 Å². The van der Waals surface area contributed by atoms with Crippen molar-refractivity contribution in [3.8, 4) is 0 Å². The minimum atomic E-state index is -0.404. The lowest BCUT2D eigenvalue weighted by Crippen LogP contribution is -2.62. The van der Waals surface area contributed by atoms with Crippen molar-refractivity contribution in [3.05, 3.63) is 0 Å². The topological polar surface area (TPSA) is 41.9 Å². The van der Waals surface area contributed by atoms with Gasteiger partial charge in [-0.05, 0) is 53.9 Å². The molecule has 1 saturated heterocycles. The van der Waals surface area contributed by atoms with Crippen LogP contribution in [0.3, 0.4) is 0 Å². The molecule has 1 rings (SSSR count). The van der Waals surface area contributed by atoms with E-state index in [9.17, 15) is 5.11 Å². The quantitative estimate of drug-likeness (QED) is 0.552. The predicted molar refractivity (Wildman–Crippen MR) is 100.0 cm³/mol. The third-order valence-corrected chi connectivity index (χ3v) is 4.85. The molecule has 0 bridgehead atoms. The summed E-state index contributed by atoms with van der Waals surface area (Å²) in [5.41, 5.74) is -0.124. The molecule has 24 heavy (non-hydrogen) atoms. The Bertz CT molecular complexity index is 324. The molecule has 4 nitrogen and oxygen atoms in total. The first kappa shape index (κ1) is 21.9. The van der Waals surface area contributed by atoms with E-state index in [0.717, 1.165) is 25.9 Å². The Labute approximate surface area is 149 Å². The maximum atomic E-state index is 9.46. The molecule has 1 N–H and O–H groups in total. The number of rotatable bonds is 11. The Hall–Kier alpha value is -0.160. The second-order valence-electron chi connectivity index (χ2n) is 8.73. The number of aliphatic hydroxyl groups excluding tert-OH is 1. The molecule has 1 atom stereocenters. The summed E-state index contributed by atoms with van der Waals surface area (Å²) >= 11 is 0. The highest BCUT2D eigenvalue weighted by Gasteiger charge is 2.46. The van der Waals surface area contributed by atoms with E-state index >= 15 is 0 Å². The molecule has 1 aliphatic heterocycles. The molecule has 0 saturated carbocycles. The third-order valence-electron chi connectivity index (χ3n) is 4.85. The van der Waals surface area contributed by atoms with Crippen LogP contribution in [-0.4, -0.2) is 46.7 Å². The van der Waals surface area contributed by atoms with Crippen molar-refractivity contribution in [2.75, 3.05) is 13.2 Å².